The van der Waals surface area contributed by atoms with Gasteiger partial charge in [-0.15, -0.1) is 0 Å². The lowest BCUT2D eigenvalue weighted by atomic mass is 10.2. The molecule has 0 unspecified atom stereocenters. The maximum absolute atomic E-state index is 11.4. The molecule has 0 radical (unpaired) electrons. The van der Waals surface area contributed by atoms with Crippen LogP contribution >= 0.6 is 11.6 Å². The van der Waals surface area contributed by atoms with Crippen molar-refractivity contribution < 1.29 is 22.7 Å². The van der Waals surface area contributed by atoms with E-state index in [0.717, 1.165) is 12.7 Å². The van der Waals surface area contributed by atoms with Gasteiger partial charge in [-0.3, -0.25) is 0 Å². The lowest BCUT2D eigenvalue weighted by Crippen LogP contribution is -2.27. The van der Waals surface area contributed by atoms with Crippen LogP contribution < -0.4 is 5.32 Å². The number of sulfone groups is 1. The molecule has 0 saturated carbocycles. The zero-order valence-electron chi connectivity index (χ0n) is 14.0. The molecule has 0 bridgehead atoms. The number of carbonyl (C=O) groups excluding carboxylic acids is 1. The predicted molar refractivity (Wildman–Crippen MR) is 92.9 cm³/mol. The van der Waals surface area contributed by atoms with Crippen molar-refractivity contribution in [2.45, 2.75) is 32.1 Å². The van der Waals surface area contributed by atoms with E-state index in [1.807, 2.05) is 6.92 Å². The number of nitrogens with one attached hydrogen (secondary N) is 1. The van der Waals surface area contributed by atoms with Crippen LogP contribution in [0, 0.1) is 0 Å². The molecule has 24 heavy (non-hydrogen) atoms. The van der Waals surface area contributed by atoms with E-state index in [4.69, 9.17) is 21.1 Å². The molecule has 0 amide bonds. The molecule has 0 spiro atoms. The Kier molecular flexibility index (Phi) is 8.44. The van der Waals surface area contributed by atoms with Gasteiger partial charge in [-0.2, -0.15) is 0 Å². The Balaban J connectivity index is 2.66. The highest BCUT2D eigenvalue weighted by Crippen LogP contribution is 2.17. The first-order valence-electron chi connectivity index (χ1n) is 7.57. The zero-order chi connectivity index (χ0) is 18.2. The lowest BCUT2D eigenvalue weighted by Gasteiger charge is -2.18. The average molecular weight is 379 g/mol. The second kappa shape index (κ2) is 9.80. The van der Waals surface area contributed by atoms with Gasteiger partial charge in [0.25, 0.3) is 0 Å². The summed E-state index contributed by atoms with van der Waals surface area (Å²) in [4.78, 5) is 15.4. The summed E-state index contributed by atoms with van der Waals surface area (Å²) in [6.45, 7) is 4.16. The van der Waals surface area contributed by atoms with Crippen LogP contribution in [0.15, 0.2) is 12.1 Å². The molecule has 136 valence electrons. The highest BCUT2D eigenvalue weighted by atomic mass is 35.5. The Morgan fingerprint density at radius 3 is 2.67 bits per heavy atom. The second-order valence-electron chi connectivity index (χ2n) is 5.32. The minimum Gasteiger partial charge on any atom is -0.464 e. The third-order valence-corrected chi connectivity index (χ3v) is 4.02. The Morgan fingerprint density at radius 1 is 1.38 bits per heavy atom. The number of hydrogen-bond donors (Lipinski definition) is 1. The molecule has 1 atom stereocenters. The lowest BCUT2D eigenvalue weighted by molar-refractivity contribution is -0.148. The average Bonchev–Trinajstić information content (AvgIpc) is 2.44. The van der Waals surface area contributed by atoms with Crippen LogP contribution in [0.2, 0.25) is 5.15 Å². The summed E-state index contributed by atoms with van der Waals surface area (Å²) in [7, 11) is -3.16. The highest BCUT2D eigenvalue weighted by Gasteiger charge is 2.12. The van der Waals surface area contributed by atoms with Gasteiger partial charge < -0.3 is 14.8 Å². The molecule has 1 rings (SSSR count). The Hall–Kier alpha value is -1.38. The van der Waals surface area contributed by atoms with Crippen molar-refractivity contribution in [1.29, 1.82) is 0 Å². The van der Waals surface area contributed by atoms with Crippen LogP contribution in [0.1, 0.15) is 25.8 Å². The number of ether oxygens (including phenoxy) is 2. The molecule has 9 heteroatoms. The molecule has 7 nitrogen and oxygen atoms in total. The van der Waals surface area contributed by atoms with E-state index in [1.54, 1.807) is 13.0 Å². The second-order valence-corrected chi connectivity index (χ2v) is 7.85. The van der Waals surface area contributed by atoms with Crippen molar-refractivity contribution in [2.75, 3.05) is 31.4 Å². The molecule has 0 aliphatic carbocycles. The van der Waals surface area contributed by atoms with Gasteiger partial charge in [0.15, 0.2) is 9.84 Å². The number of hydrogen-bond acceptors (Lipinski definition) is 7. The van der Waals surface area contributed by atoms with Gasteiger partial charge in [-0.25, -0.2) is 18.2 Å². The maximum Gasteiger partial charge on any atom is 0.332 e. The fourth-order valence-corrected chi connectivity index (χ4v) is 2.97. The fourth-order valence-electron chi connectivity index (χ4n) is 1.97. The molecule has 0 aliphatic rings. The number of anilines is 1. The number of rotatable bonds is 10. The number of carbonyl (C=O) groups is 1. The Bertz CT molecular complexity index is 651. The van der Waals surface area contributed by atoms with E-state index in [2.05, 4.69) is 10.3 Å². The van der Waals surface area contributed by atoms with Crippen molar-refractivity contribution in [2.24, 2.45) is 0 Å². The summed E-state index contributed by atoms with van der Waals surface area (Å²) in [6.07, 6.45) is 1.88. The summed E-state index contributed by atoms with van der Waals surface area (Å²) >= 11 is 5.95. The van der Waals surface area contributed by atoms with Crippen molar-refractivity contribution in [3.8, 4) is 0 Å². The zero-order valence-corrected chi connectivity index (χ0v) is 15.6. The summed E-state index contributed by atoms with van der Waals surface area (Å²) < 4.78 is 32.9. The normalized spacial score (nSPS) is 12.7. The standard InChI is InChI=1S/C15H23ClN2O5S/c1-4-12(8-22-9-15(19)23-5-2)17-14-7-11(6-13(16)18-14)10-24(3,20)21/h6-7,12H,4-5,8-10H2,1-3H3,(H,17,18)/t12-/m0/s1. The smallest absolute Gasteiger partial charge is 0.332 e. The third-order valence-electron chi connectivity index (χ3n) is 2.97. The van der Waals surface area contributed by atoms with E-state index in [9.17, 15) is 13.2 Å². The van der Waals surface area contributed by atoms with E-state index < -0.39 is 15.8 Å². The first-order valence-corrected chi connectivity index (χ1v) is 10.0. The molecule has 0 aromatic carbocycles. The third kappa shape index (κ3) is 8.47. The fraction of sp³-hybridized carbons (Fsp3) is 0.600. The molecular weight excluding hydrogens is 356 g/mol. The molecule has 1 N–H and O–H groups in total. The quantitative estimate of drug-likeness (QED) is 0.491. The van der Waals surface area contributed by atoms with E-state index in [-0.39, 0.29) is 30.2 Å². The van der Waals surface area contributed by atoms with E-state index in [0.29, 0.717) is 18.0 Å². The van der Waals surface area contributed by atoms with Gasteiger partial charge in [0.2, 0.25) is 0 Å². The van der Waals surface area contributed by atoms with Crippen molar-refractivity contribution in [3.63, 3.8) is 0 Å². The largest absolute Gasteiger partial charge is 0.464 e. The van der Waals surface area contributed by atoms with E-state index in [1.165, 1.54) is 6.07 Å². The monoisotopic (exact) mass is 378 g/mol. The number of esters is 1. The summed E-state index contributed by atoms with van der Waals surface area (Å²) in [5.41, 5.74) is 0.558. The molecule has 0 fully saturated rings. The first kappa shape index (κ1) is 20.7. The molecule has 1 heterocycles. The molecule has 1 aromatic rings. The van der Waals surface area contributed by atoms with Crippen LogP contribution in [0.5, 0.6) is 0 Å². The minimum atomic E-state index is -3.16. The molecular formula is C15H23ClN2O5S. The topological polar surface area (TPSA) is 94.6 Å². The van der Waals surface area contributed by atoms with Gasteiger partial charge >= 0.3 is 5.97 Å². The number of halogens is 1. The Morgan fingerprint density at radius 2 is 2.08 bits per heavy atom. The minimum absolute atomic E-state index is 0.100. The molecule has 0 aliphatic heterocycles. The number of aromatic nitrogens is 1. The van der Waals surface area contributed by atoms with Gasteiger partial charge in [-0.1, -0.05) is 18.5 Å². The van der Waals surface area contributed by atoms with Crippen LogP contribution in [-0.4, -0.2) is 51.5 Å². The van der Waals surface area contributed by atoms with Gasteiger partial charge in [-0.05, 0) is 31.0 Å². The van der Waals surface area contributed by atoms with Gasteiger partial charge in [0.1, 0.15) is 17.6 Å². The van der Waals surface area contributed by atoms with Gasteiger partial charge in [0, 0.05) is 6.26 Å². The molecule has 1 aromatic heterocycles. The van der Waals surface area contributed by atoms with Gasteiger partial charge in [0.05, 0.1) is 25.0 Å². The highest BCUT2D eigenvalue weighted by molar-refractivity contribution is 7.89. The Labute approximate surface area is 147 Å². The van der Waals surface area contributed by atoms with Crippen molar-refractivity contribution in [3.05, 3.63) is 22.8 Å². The summed E-state index contributed by atoms with van der Waals surface area (Å²) in [5.74, 6) is -0.0588. The SMILES string of the molecule is CCOC(=O)COC[C@H](CC)Nc1cc(CS(C)(=O)=O)cc(Cl)n1. The summed E-state index contributed by atoms with van der Waals surface area (Å²) in [5, 5.41) is 3.34. The van der Waals surface area contributed by atoms with Crippen LogP contribution in [0.4, 0.5) is 5.82 Å². The molecule has 0 saturated heterocycles. The van der Waals surface area contributed by atoms with E-state index >= 15 is 0 Å². The first-order chi connectivity index (χ1) is 11.2. The summed E-state index contributed by atoms with van der Waals surface area (Å²) in [6, 6.07) is 3.06. The number of pyridine rings is 1. The predicted octanol–water partition coefficient (Wildman–Crippen LogP) is 2.05. The van der Waals surface area contributed by atoms with Crippen molar-refractivity contribution >= 4 is 33.2 Å². The van der Waals surface area contributed by atoms with Crippen LogP contribution in [0.3, 0.4) is 0 Å². The van der Waals surface area contributed by atoms with Crippen LogP contribution in [0.25, 0.3) is 0 Å². The number of nitrogens with zero attached hydrogens (tertiary/aromatic N) is 1. The van der Waals surface area contributed by atoms with Crippen LogP contribution in [-0.2, 0) is 29.9 Å². The van der Waals surface area contributed by atoms with Crippen molar-refractivity contribution in [1.82, 2.24) is 4.98 Å². The maximum atomic E-state index is 11.4.